The number of ether oxygens (including phenoxy) is 1. The standard InChI is InChI=1S/C24H29FN2O5/c1-16(2)21(23(29)30)27(4)22(28)20(14-17-10-12-19(25)13-11-17)26(3)24(31)32-15-18-8-6-5-7-9-18/h5-13,16,20-21H,14-15H2,1-4H3,(H,29,30)/t20-,21-/m0/s1. The number of carbonyl (C=O) groups excluding carboxylic acids is 2. The summed E-state index contributed by atoms with van der Waals surface area (Å²) in [6.07, 6.45) is -0.649. The summed E-state index contributed by atoms with van der Waals surface area (Å²) in [5.41, 5.74) is 1.41. The van der Waals surface area contributed by atoms with Gasteiger partial charge in [-0.3, -0.25) is 9.69 Å². The Labute approximate surface area is 187 Å². The van der Waals surface area contributed by atoms with E-state index in [4.69, 9.17) is 4.74 Å². The molecule has 2 rings (SSSR count). The number of nitrogens with zero attached hydrogens (tertiary/aromatic N) is 2. The summed E-state index contributed by atoms with van der Waals surface area (Å²) in [5.74, 6) is -2.45. The van der Waals surface area contributed by atoms with E-state index < -0.39 is 35.9 Å². The molecule has 1 N–H and O–H groups in total. The first-order chi connectivity index (χ1) is 15.1. The van der Waals surface area contributed by atoms with Crippen molar-refractivity contribution in [1.29, 1.82) is 0 Å². The molecule has 0 aliphatic rings. The highest BCUT2D eigenvalue weighted by molar-refractivity contribution is 5.89. The second-order valence-corrected chi connectivity index (χ2v) is 7.97. The first-order valence-corrected chi connectivity index (χ1v) is 10.3. The fraction of sp³-hybridized carbons (Fsp3) is 0.375. The number of rotatable bonds is 9. The van der Waals surface area contributed by atoms with Crippen molar-refractivity contribution < 1.29 is 28.6 Å². The van der Waals surface area contributed by atoms with Crippen molar-refractivity contribution in [1.82, 2.24) is 9.80 Å². The fourth-order valence-corrected chi connectivity index (χ4v) is 3.45. The summed E-state index contributed by atoms with van der Waals surface area (Å²) in [4.78, 5) is 40.1. The molecule has 0 unspecified atom stereocenters. The second kappa shape index (κ2) is 11.3. The Morgan fingerprint density at radius 2 is 1.53 bits per heavy atom. The lowest BCUT2D eigenvalue weighted by Crippen LogP contribution is -2.55. The van der Waals surface area contributed by atoms with Crippen LogP contribution in [0.15, 0.2) is 54.6 Å². The molecular weight excluding hydrogens is 415 g/mol. The lowest BCUT2D eigenvalue weighted by molar-refractivity contribution is -0.152. The lowest BCUT2D eigenvalue weighted by atomic mass is 9.99. The third-order valence-electron chi connectivity index (χ3n) is 5.24. The van der Waals surface area contributed by atoms with E-state index >= 15 is 0 Å². The molecule has 0 aliphatic heterocycles. The number of likely N-dealkylation sites (N-methyl/N-ethyl adjacent to an activating group) is 2. The van der Waals surface area contributed by atoms with Gasteiger partial charge >= 0.3 is 12.1 Å². The highest BCUT2D eigenvalue weighted by Gasteiger charge is 2.36. The number of carboxylic acid groups (broad SMARTS) is 1. The molecule has 2 atom stereocenters. The van der Waals surface area contributed by atoms with Gasteiger partial charge in [0.25, 0.3) is 0 Å². The minimum atomic E-state index is -1.13. The van der Waals surface area contributed by atoms with E-state index in [0.717, 1.165) is 15.4 Å². The number of halogens is 1. The van der Waals surface area contributed by atoms with Crippen LogP contribution in [0, 0.1) is 11.7 Å². The van der Waals surface area contributed by atoms with Crippen molar-refractivity contribution in [3.8, 4) is 0 Å². The number of carbonyl (C=O) groups is 3. The molecule has 172 valence electrons. The van der Waals surface area contributed by atoms with Gasteiger partial charge in [-0.05, 0) is 29.2 Å². The summed E-state index contributed by atoms with van der Waals surface area (Å²) >= 11 is 0. The van der Waals surface area contributed by atoms with Crippen molar-refractivity contribution in [2.45, 2.75) is 39.0 Å². The van der Waals surface area contributed by atoms with Crippen molar-refractivity contribution in [2.75, 3.05) is 14.1 Å². The van der Waals surface area contributed by atoms with E-state index in [1.54, 1.807) is 13.8 Å². The molecule has 2 aromatic rings. The van der Waals surface area contributed by atoms with Crippen LogP contribution in [0.3, 0.4) is 0 Å². The molecule has 0 aliphatic carbocycles. The topological polar surface area (TPSA) is 87.2 Å². The van der Waals surface area contributed by atoms with Gasteiger partial charge in [-0.15, -0.1) is 0 Å². The number of hydrogen-bond donors (Lipinski definition) is 1. The first-order valence-electron chi connectivity index (χ1n) is 10.3. The van der Waals surface area contributed by atoms with E-state index in [2.05, 4.69) is 0 Å². The Morgan fingerprint density at radius 1 is 0.938 bits per heavy atom. The molecule has 0 fully saturated rings. The van der Waals surface area contributed by atoms with Gasteiger partial charge < -0.3 is 14.7 Å². The van der Waals surface area contributed by atoms with Gasteiger partial charge in [-0.25, -0.2) is 14.0 Å². The average Bonchev–Trinajstić information content (AvgIpc) is 2.76. The largest absolute Gasteiger partial charge is 0.480 e. The molecule has 0 radical (unpaired) electrons. The predicted octanol–water partition coefficient (Wildman–Crippen LogP) is 3.57. The number of hydrogen-bond acceptors (Lipinski definition) is 4. The molecule has 2 aromatic carbocycles. The smallest absolute Gasteiger partial charge is 0.410 e. The number of aliphatic carboxylic acids is 1. The van der Waals surface area contributed by atoms with Crippen molar-refractivity contribution in [3.63, 3.8) is 0 Å². The van der Waals surface area contributed by atoms with Gasteiger partial charge in [0.05, 0.1) is 0 Å². The summed E-state index contributed by atoms with van der Waals surface area (Å²) in [7, 11) is 2.83. The molecule has 32 heavy (non-hydrogen) atoms. The fourth-order valence-electron chi connectivity index (χ4n) is 3.45. The third-order valence-corrected chi connectivity index (χ3v) is 5.24. The highest BCUT2D eigenvalue weighted by atomic mass is 19.1. The molecule has 0 aromatic heterocycles. The van der Waals surface area contributed by atoms with Crippen molar-refractivity contribution in [3.05, 3.63) is 71.5 Å². The Bertz CT molecular complexity index is 918. The number of amides is 2. The molecule has 7 nitrogen and oxygen atoms in total. The Morgan fingerprint density at radius 3 is 2.06 bits per heavy atom. The molecule has 0 heterocycles. The minimum absolute atomic E-state index is 0.0288. The predicted molar refractivity (Wildman–Crippen MR) is 117 cm³/mol. The van der Waals surface area contributed by atoms with Crippen LogP contribution < -0.4 is 0 Å². The molecule has 0 saturated carbocycles. The van der Waals surface area contributed by atoms with E-state index in [1.165, 1.54) is 38.4 Å². The van der Waals surface area contributed by atoms with E-state index in [-0.39, 0.29) is 18.9 Å². The van der Waals surface area contributed by atoms with Crippen LogP contribution in [0.25, 0.3) is 0 Å². The van der Waals surface area contributed by atoms with Gasteiger partial charge in [-0.1, -0.05) is 56.3 Å². The van der Waals surface area contributed by atoms with Gasteiger partial charge in [0.2, 0.25) is 5.91 Å². The quantitative estimate of drug-likeness (QED) is 0.639. The van der Waals surface area contributed by atoms with Gasteiger partial charge in [0.1, 0.15) is 24.5 Å². The monoisotopic (exact) mass is 444 g/mol. The summed E-state index contributed by atoms with van der Waals surface area (Å²) in [6.45, 7) is 3.44. The zero-order chi connectivity index (χ0) is 23.8. The van der Waals surface area contributed by atoms with Crippen LogP contribution in [-0.4, -0.2) is 59.1 Å². The summed E-state index contributed by atoms with van der Waals surface area (Å²) in [5, 5.41) is 9.58. The molecule has 2 amide bonds. The van der Waals surface area contributed by atoms with Crippen molar-refractivity contribution in [2.24, 2.45) is 5.92 Å². The zero-order valence-electron chi connectivity index (χ0n) is 18.7. The molecule has 8 heteroatoms. The molecule has 0 bridgehead atoms. The maximum absolute atomic E-state index is 13.3. The van der Waals surface area contributed by atoms with Gasteiger partial charge in [0.15, 0.2) is 0 Å². The average molecular weight is 445 g/mol. The van der Waals surface area contributed by atoms with Gasteiger partial charge in [-0.2, -0.15) is 0 Å². The van der Waals surface area contributed by atoms with Crippen LogP contribution in [0.1, 0.15) is 25.0 Å². The highest BCUT2D eigenvalue weighted by Crippen LogP contribution is 2.17. The lowest BCUT2D eigenvalue weighted by Gasteiger charge is -2.34. The summed E-state index contributed by atoms with van der Waals surface area (Å²) in [6, 6.07) is 12.6. The van der Waals surface area contributed by atoms with Crippen LogP contribution >= 0.6 is 0 Å². The Kier molecular flexibility index (Phi) is 8.75. The SMILES string of the molecule is CC(C)[C@@H](C(=O)O)N(C)C(=O)[C@H](Cc1ccc(F)cc1)N(C)C(=O)OCc1ccccc1. The van der Waals surface area contributed by atoms with Crippen LogP contribution in [-0.2, 0) is 27.4 Å². The van der Waals surface area contributed by atoms with Gasteiger partial charge in [0, 0.05) is 20.5 Å². The number of benzene rings is 2. The molecular formula is C24H29FN2O5. The van der Waals surface area contributed by atoms with Crippen LogP contribution in [0.4, 0.5) is 9.18 Å². The van der Waals surface area contributed by atoms with E-state index in [9.17, 15) is 23.9 Å². The van der Waals surface area contributed by atoms with Crippen LogP contribution in [0.5, 0.6) is 0 Å². The van der Waals surface area contributed by atoms with E-state index in [0.29, 0.717) is 5.56 Å². The Hall–Kier alpha value is -3.42. The Balaban J connectivity index is 2.25. The maximum atomic E-state index is 13.3. The van der Waals surface area contributed by atoms with E-state index in [1.807, 2.05) is 30.3 Å². The number of carboxylic acids is 1. The molecule has 0 spiro atoms. The maximum Gasteiger partial charge on any atom is 0.410 e. The normalized spacial score (nSPS) is 12.7. The third kappa shape index (κ3) is 6.54. The minimum Gasteiger partial charge on any atom is -0.480 e. The zero-order valence-corrected chi connectivity index (χ0v) is 18.7. The second-order valence-electron chi connectivity index (χ2n) is 7.97. The first kappa shape index (κ1) is 24.8. The van der Waals surface area contributed by atoms with Crippen LogP contribution in [0.2, 0.25) is 0 Å². The molecule has 0 saturated heterocycles. The van der Waals surface area contributed by atoms with Crippen molar-refractivity contribution >= 4 is 18.0 Å². The summed E-state index contributed by atoms with van der Waals surface area (Å²) < 4.78 is 18.7.